The SMILES string of the molecule is CCS(=O)(=O)c1ccc(OCC[C@@H]2C[C@@H]2C2CCN(C#N)CC2)cc1F. The topological polar surface area (TPSA) is 70.4 Å². The van der Waals surface area contributed by atoms with Crippen LogP contribution in [0.15, 0.2) is 23.1 Å². The van der Waals surface area contributed by atoms with E-state index in [2.05, 4.69) is 6.19 Å². The zero-order chi connectivity index (χ0) is 18.7. The maximum absolute atomic E-state index is 14.0. The summed E-state index contributed by atoms with van der Waals surface area (Å²) in [6, 6.07) is 3.96. The van der Waals surface area contributed by atoms with Crippen LogP contribution >= 0.6 is 0 Å². The van der Waals surface area contributed by atoms with E-state index >= 15 is 0 Å². The second kappa shape index (κ2) is 7.83. The highest BCUT2D eigenvalue weighted by Crippen LogP contribution is 2.49. The lowest BCUT2D eigenvalue weighted by atomic mass is 9.91. The molecule has 1 saturated heterocycles. The van der Waals surface area contributed by atoms with Crippen molar-refractivity contribution in [2.75, 3.05) is 25.4 Å². The molecule has 26 heavy (non-hydrogen) atoms. The van der Waals surface area contributed by atoms with Crippen molar-refractivity contribution in [2.45, 2.75) is 37.5 Å². The van der Waals surface area contributed by atoms with Crippen LogP contribution in [0.25, 0.3) is 0 Å². The van der Waals surface area contributed by atoms with Crippen LogP contribution in [-0.4, -0.2) is 38.8 Å². The van der Waals surface area contributed by atoms with E-state index in [0.29, 0.717) is 24.2 Å². The minimum Gasteiger partial charge on any atom is -0.493 e. The summed E-state index contributed by atoms with van der Waals surface area (Å²) < 4.78 is 43.2. The molecule has 0 amide bonds. The standard InChI is InChI=1S/C19H25FN2O3S/c1-2-26(23,24)19-4-3-16(12-18(19)20)25-10-7-15-11-17(15)14-5-8-22(13-21)9-6-14/h3-4,12,14-15,17H,2,5-11H2,1H3/t15-,17-/m1/s1. The van der Waals surface area contributed by atoms with Crippen molar-refractivity contribution in [1.82, 2.24) is 4.90 Å². The summed E-state index contributed by atoms with van der Waals surface area (Å²) in [4.78, 5) is 1.56. The number of nitrogens with zero attached hydrogens (tertiary/aromatic N) is 2. The first-order chi connectivity index (χ1) is 12.4. The molecule has 0 aromatic heterocycles. The highest BCUT2D eigenvalue weighted by Gasteiger charge is 2.43. The molecule has 2 atom stereocenters. The van der Waals surface area contributed by atoms with Crippen molar-refractivity contribution < 1.29 is 17.5 Å². The summed E-state index contributed by atoms with van der Waals surface area (Å²) in [5.41, 5.74) is 0. The second-order valence-corrected chi connectivity index (χ2v) is 9.46. The maximum Gasteiger partial charge on any atom is 0.181 e. The first kappa shape index (κ1) is 19.0. The van der Waals surface area contributed by atoms with Gasteiger partial charge in [-0.15, -0.1) is 0 Å². The number of halogens is 1. The van der Waals surface area contributed by atoms with Gasteiger partial charge < -0.3 is 9.64 Å². The predicted molar refractivity (Wildman–Crippen MR) is 95.7 cm³/mol. The third-order valence-corrected chi connectivity index (χ3v) is 7.40. The molecule has 0 N–H and O–H groups in total. The zero-order valence-electron chi connectivity index (χ0n) is 15.0. The molecule has 7 heteroatoms. The van der Waals surface area contributed by atoms with Gasteiger partial charge in [0.05, 0.1) is 12.4 Å². The number of likely N-dealkylation sites (tertiary alicyclic amines) is 1. The van der Waals surface area contributed by atoms with Gasteiger partial charge in [-0.2, -0.15) is 5.26 Å². The van der Waals surface area contributed by atoms with Crippen molar-refractivity contribution in [1.29, 1.82) is 5.26 Å². The van der Waals surface area contributed by atoms with Gasteiger partial charge in [-0.05, 0) is 55.6 Å². The number of hydrogen-bond donors (Lipinski definition) is 0. The summed E-state index contributed by atoms with van der Waals surface area (Å²) in [7, 11) is -3.55. The first-order valence-corrected chi connectivity index (χ1v) is 10.9. The molecule has 1 aliphatic heterocycles. The largest absolute Gasteiger partial charge is 0.493 e. The number of rotatable bonds is 7. The Morgan fingerprint density at radius 2 is 2.08 bits per heavy atom. The van der Waals surface area contributed by atoms with E-state index in [1.807, 2.05) is 4.90 Å². The molecule has 0 spiro atoms. The third kappa shape index (κ3) is 4.29. The third-order valence-electron chi connectivity index (χ3n) is 5.64. The normalized spacial score (nSPS) is 23.5. The van der Waals surface area contributed by atoms with Crippen molar-refractivity contribution in [3.8, 4) is 11.9 Å². The van der Waals surface area contributed by atoms with Crippen LogP contribution in [0.2, 0.25) is 0 Å². The molecule has 5 nitrogen and oxygen atoms in total. The molecule has 2 fully saturated rings. The maximum atomic E-state index is 14.0. The van der Waals surface area contributed by atoms with E-state index in [1.54, 1.807) is 0 Å². The molecule has 1 saturated carbocycles. The Kier molecular flexibility index (Phi) is 5.71. The Morgan fingerprint density at radius 3 is 2.69 bits per heavy atom. The van der Waals surface area contributed by atoms with Crippen molar-refractivity contribution >= 4 is 9.84 Å². The van der Waals surface area contributed by atoms with E-state index in [4.69, 9.17) is 10.00 Å². The van der Waals surface area contributed by atoms with Gasteiger partial charge in [0.25, 0.3) is 0 Å². The van der Waals surface area contributed by atoms with Gasteiger partial charge in [0.1, 0.15) is 16.5 Å². The molecule has 0 unspecified atom stereocenters. The van der Waals surface area contributed by atoms with Gasteiger partial charge in [-0.1, -0.05) is 6.92 Å². The van der Waals surface area contributed by atoms with Crippen LogP contribution in [0.3, 0.4) is 0 Å². The Hall–Kier alpha value is -1.81. The zero-order valence-corrected chi connectivity index (χ0v) is 15.8. The molecule has 1 aromatic carbocycles. The molecule has 1 heterocycles. The number of hydrogen-bond acceptors (Lipinski definition) is 5. The summed E-state index contributed by atoms with van der Waals surface area (Å²) in [6.07, 6.45) is 6.54. The second-order valence-electron chi connectivity index (χ2n) is 7.22. The van der Waals surface area contributed by atoms with Crippen LogP contribution in [0.4, 0.5) is 4.39 Å². The van der Waals surface area contributed by atoms with E-state index in [9.17, 15) is 12.8 Å². The first-order valence-electron chi connectivity index (χ1n) is 9.24. The van der Waals surface area contributed by atoms with Gasteiger partial charge in [-0.3, -0.25) is 0 Å². The molecular formula is C19H25FN2O3S. The van der Waals surface area contributed by atoms with Crippen LogP contribution < -0.4 is 4.74 Å². The average Bonchev–Trinajstić information content (AvgIpc) is 3.41. The summed E-state index contributed by atoms with van der Waals surface area (Å²) in [5.74, 6) is 1.59. The number of piperidine rings is 1. The molecule has 142 valence electrons. The highest BCUT2D eigenvalue weighted by atomic mass is 32.2. The fourth-order valence-corrected chi connectivity index (χ4v) is 4.86. The van der Waals surface area contributed by atoms with E-state index in [0.717, 1.165) is 44.3 Å². The minimum atomic E-state index is -3.55. The molecule has 1 aliphatic carbocycles. The van der Waals surface area contributed by atoms with Crippen LogP contribution in [0.1, 0.15) is 32.6 Å². The number of nitriles is 1. The van der Waals surface area contributed by atoms with Crippen molar-refractivity contribution in [2.24, 2.45) is 17.8 Å². The van der Waals surface area contributed by atoms with Gasteiger partial charge in [0.15, 0.2) is 16.0 Å². The summed E-state index contributed by atoms with van der Waals surface area (Å²) in [6.45, 7) is 3.74. The Bertz CT molecular complexity index is 782. The fraction of sp³-hybridized carbons (Fsp3) is 0.632. The Morgan fingerprint density at radius 1 is 1.35 bits per heavy atom. The number of benzene rings is 1. The summed E-state index contributed by atoms with van der Waals surface area (Å²) >= 11 is 0. The predicted octanol–water partition coefficient (Wildman–Crippen LogP) is 3.22. The van der Waals surface area contributed by atoms with Gasteiger partial charge in [0, 0.05) is 19.2 Å². The number of ether oxygens (including phenoxy) is 1. The van der Waals surface area contributed by atoms with Crippen LogP contribution in [-0.2, 0) is 9.84 Å². The lowest BCUT2D eigenvalue weighted by Gasteiger charge is -2.28. The quantitative estimate of drug-likeness (QED) is 0.679. The lowest BCUT2D eigenvalue weighted by molar-refractivity contribution is 0.221. The van der Waals surface area contributed by atoms with Crippen molar-refractivity contribution in [3.05, 3.63) is 24.0 Å². The Labute approximate surface area is 154 Å². The number of sulfone groups is 1. The molecule has 2 aliphatic rings. The van der Waals surface area contributed by atoms with Gasteiger partial charge in [0.2, 0.25) is 0 Å². The van der Waals surface area contributed by atoms with E-state index in [-0.39, 0.29) is 10.6 Å². The fourth-order valence-electron chi connectivity index (χ4n) is 3.92. The molecule has 0 radical (unpaired) electrons. The van der Waals surface area contributed by atoms with Gasteiger partial charge in [-0.25, -0.2) is 12.8 Å². The summed E-state index contributed by atoms with van der Waals surface area (Å²) in [5, 5.41) is 8.90. The van der Waals surface area contributed by atoms with E-state index < -0.39 is 15.7 Å². The van der Waals surface area contributed by atoms with Gasteiger partial charge >= 0.3 is 0 Å². The van der Waals surface area contributed by atoms with E-state index in [1.165, 1.54) is 25.5 Å². The van der Waals surface area contributed by atoms with Crippen LogP contribution in [0, 0.1) is 35.0 Å². The lowest BCUT2D eigenvalue weighted by Crippen LogP contribution is -2.30. The van der Waals surface area contributed by atoms with Crippen LogP contribution in [0.5, 0.6) is 5.75 Å². The molecule has 0 bridgehead atoms. The van der Waals surface area contributed by atoms with Crippen molar-refractivity contribution in [3.63, 3.8) is 0 Å². The Balaban J connectivity index is 1.44. The monoisotopic (exact) mass is 380 g/mol. The smallest absolute Gasteiger partial charge is 0.181 e. The average molecular weight is 380 g/mol. The highest BCUT2D eigenvalue weighted by molar-refractivity contribution is 7.91. The molecular weight excluding hydrogens is 355 g/mol. The molecule has 1 aromatic rings. The molecule has 3 rings (SSSR count). The minimum absolute atomic E-state index is 0.125.